The monoisotopic (exact) mass is 466 g/mol. The lowest BCUT2D eigenvalue weighted by Gasteiger charge is -2.19. The van der Waals surface area contributed by atoms with E-state index in [1.807, 2.05) is 24.3 Å². The number of hydrogen-bond donors (Lipinski definition) is 3. The first-order valence-corrected chi connectivity index (χ1v) is 11.6. The third-order valence-corrected chi connectivity index (χ3v) is 6.72. The van der Waals surface area contributed by atoms with Crippen LogP contribution >= 0.6 is 0 Å². The van der Waals surface area contributed by atoms with Gasteiger partial charge in [0.1, 0.15) is 12.7 Å². The average molecular weight is 467 g/mol. The van der Waals surface area contributed by atoms with Crippen molar-refractivity contribution in [2.75, 3.05) is 20.3 Å². The van der Waals surface area contributed by atoms with Crippen molar-refractivity contribution in [3.05, 3.63) is 59.7 Å². The van der Waals surface area contributed by atoms with Crippen molar-refractivity contribution in [2.45, 2.75) is 43.7 Å². The van der Waals surface area contributed by atoms with Gasteiger partial charge in [0.05, 0.1) is 5.92 Å². The van der Waals surface area contributed by atoms with Gasteiger partial charge in [-0.2, -0.15) is 0 Å². The molecule has 0 saturated heterocycles. The summed E-state index contributed by atoms with van der Waals surface area (Å²) in [5.41, 5.74) is 4.62. The molecule has 3 unspecified atom stereocenters. The second-order valence-corrected chi connectivity index (χ2v) is 8.82. The Labute approximate surface area is 198 Å². The molecule has 0 bridgehead atoms. The van der Waals surface area contributed by atoms with Crippen molar-refractivity contribution >= 4 is 18.0 Å². The number of alkyl carbamates (subject to hydrolysis) is 1. The number of ether oxygens (including phenoxy) is 2. The normalized spacial score (nSPS) is 19.7. The Morgan fingerprint density at radius 3 is 2.26 bits per heavy atom. The molecule has 0 radical (unpaired) electrons. The van der Waals surface area contributed by atoms with E-state index in [9.17, 15) is 14.4 Å². The van der Waals surface area contributed by atoms with Gasteiger partial charge < -0.3 is 25.2 Å². The van der Waals surface area contributed by atoms with Crippen molar-refractivity contribution in [3.63, 3.8) is 0 Å². The van der Waals surface area contributed by atoms with E-state index in [0.717, 1.165) is 22.3 Å². The zero-order chi connectivity index (χ0) is 24.1. The van der Waals surface area contributed by atoms with Gasteiger partial charge in [0.2, 0.25) is 5.91 Å². The van der Waals surface area contributed by atoms with Crippen molar-refractivity contribution in [1.82, 2.24) is 10.6 Å². The summed E-state index contributed by atoms with van der Waals surface area (Å²) in [6.07, 6.45) is 0.616. The van der Waals surface area contributed by atoms with Crippen LogP contribution in [0, 0.1) is 5.92 Å². The number of nitrogens with one attached hydrogen (secondary N) is 2. The minimum absolute atomic E-state index is 0.0170. The highest BCUT2D eigenvalue weighted by Gasteiger charge is 2.32. The fourth-order valence-electron chi connectivity index (χ4n) is 4.94. The van der Waals surface area contributed by atoms with Crippen molar-refractivity contribution < 1.29 is 29.0 Å². The third-order valence-electron chi connectivity index (χ3n) is 6.72. The Kier molecular flexibility index (Phi) is 7.47. The Morgan fingerprint density at radius 2 is 1.68 bits per heavy atom. The minimum Gasteiger partial charge on any atom is -0.481 e. The average Bonchev–Trinajstić information content (AvgIpc) is 3.43. The maximum Gasteiger partial charge on any atom is 0.407 e. The Balaban J connectivity index is 1.23. The highest BCUT2D eigenvalue weighted by Crippen LogP contribution is 2.44. The van der Waals surface area contributed by atoms with E-state index < -0.39 is 24.1 Å². The van der Waals surface area contributed by atoms with E-state index in [1.165, 1.54) is 7.11 Å². The number of carboxylic acid groups (broad SMARTS) is 1. The molecular formula is C26H30N2O6. The second-order valence-electron chi connectivity index (χ2n) is 8.82. The van der Waals surface area contributed by atoms with Crippen LogP contribution in [0.5, 0.6) is 0 Å². The Hall–Kier alpha value is -3.39. The van der Waals surface area contributed by atoms with Crippen LogP contribution in [0.2, 0.25) is 0 Å². The number of benzene rings is 2. The number of amides is 2. The molecule has 8 heteroatoms. The molecule has 8 nitrogen and oxygen atoms in total. The largest absolute Gasteiger partial charge is 0.481 e. The molecule has 0 aliphatic heterocycles. The number of carbonyl (C=O) groups is 3. The summed E-state index contributed by atoms with van der Waals surface area (Å²) in [7, 11) is 1.44. The van der Waals surface area contributed by atoms with E-state index in [1.54, 1.807) is 0 Å². The first kappa shape index (κ1) is 23.8. The van der Waals surface area contributed by atoms with Crippen molar-refractivity contribution in [2.24, 2.45) is 5.92 Å². The molecule has 2 aromatic carbocycles. The maximum absolute atomic E-state index is 12.5. The zero-order valence-corrected chi connectivity index (χ0v) is 19.2. The SMILES string of the molecule is COC(CCNC(=O)OCC1c2ccccc2-c2ccccc21)C(=O)NC1CCC(C(=O)O)C1. The molecule has 180 valence electrons. The van der Waals surface area contributed by atoms with Crippen molar-refractivity contribution in [1.29, 1.82) is 0 Å². The van der Waals surface area contributed by atoms with Crippen LogP contribution in [-0.2, 0) is 19.1 Å². The lowest BCUT2D eigenvalue weighted by Crippen LogP contribution is -2.43. The number of aliphatic carboxylic acids is 1. The van der Waals surface area contributed by atoms with Crippen LogP contribution in [0.25, 0.3) is 11.1 Å². The molecule has 2 aliphatic carbocycles. The van der Waals surface area contributed by atoms with E-state index in [-0.39, 0.29) is 37.4 Å². The van der Waals surface area contributed by atoms with E-state index in [0.29, 0.717) is 19.3 Å². The van der Waals surface area contributed by atoms with Gasteiger partial charge >= 0.3 is 12.1 Å². The van der Waals surface area contributed by atoms with Gasteiger partial charge in [-0.25, -0.2) is 4.79 Å². The Bertz CT molecular complexity index is 1010. The van der Waals surface area contributed by atoms with Crippen LogP contribution in [0.3, 0.4) is 0 Å². The summed E-state index contributed by atoms with van der Waals surface area (Å²) >= 11 is 0. The van der Waals surface area contributed by atoms with Gasteiger partial charge in [0.15, 0.2) is 0 Å². The highest BCUT2D eigenvalue weighted by molar-refractivity contribution is 5.81. The number of methoxy groups -OCH3 is 1. The van der Waals surface area contributed by atoms with Gasteiger partial charge in [-0.3, -0.25) is 9.59 Å². The van der Waals surface area contributed by atoms with Crippen LogP contribution in [-0.4, -0.2) is 55.5 Å². The lowest BCUT2D eigenvalue weighted by atomic mass is 9.98. The van der Waals surface area contributed by atoms with E-state index >= 15 is 0 Å². The molecule has 0 spiro atoms. The summed E-state index contributed by atoms with van der Waals surface area (Å²) in [5, 5.41) is 14.7. The number of carboxylic acids is 1. The molecule has 0 heterocycles. The summed E-state index contributed by atoms with van der Waals surface area (Å²) in [6, 6.07) is 16.1. The second kappa shape index (κ2) is 10.7. The predicted molar refractivity (Wildman–Crippen MR) is 125 cm³/mol. The van der Waals surface area contributed by atoms with Crippen LogP contribution < -0.4 is 10.6 Å². The lowest BCUT2D eigenvalue weighted by molar-refractivity contribution is -0.141. The molecular weight excluding hydrogens is 436 g/mol. The third kappa shape index (κ3) is 5.22. The topological polar surface area (TPSA) is 114 Å². The molecule has 34 heavy (non-hydrogen) atoms. The smallest absolute Gasteiger partial charge is 0.407 e. The highest BCUT2D eigenvalue weighted by atomic mass is 16.5. The molecule has 1 saturated carbocycles. The first-order valence-electron chi connectivity index (χ1n) is 11.6. The van der Waals surface area contributed by atoms with E-state index in [4.69, 9.17) is 14.6 Å². The van der Waals surface area contributed by atoms with Gasteiger partial charge in [-0.1, -0.05) is 48.5 Å². The quantitative estimate of drug-likeness (QED) is 0.523. The van der Waals surface area contributed by atoms with Crippen LogP contribution in [0.1, 0.15) is 42.7 Å². The fourth-order valence-corrected chi connectivity index (χ4v) is 4.94. The standard InChI is InChI=1S/C26H30N2O6/c1-33-23(24(29)28-17-11-10-16(14-17)25(30)31)12-13-27-26(32)34-15-22-20-8-4-2-6-18(20)19-7-3-5-9-21(19)22/h2-9,16-17,22-23H,10-15H2,1H3,(H,27,32)(H,28,29)(H,30,31). The predicted octanol–water partition coefficient (Wildman–Crippen LogP) is 3.30. The van der Waals surface area contributed by atoms with Gasteiger partial charge in [-0.15, -0.1) is 0 Å². The Morgan fingerprint density at radius 1 is 1.03 bits per heavy atom. The maximum atomic E-state index is 12.5. The summed E-state index contributed by atoms with van der Waals surface area (Å²) in [6.45, 7) is 0.436. The molecule has 1 fully saturated rings. The molecule has 2 amide bonds. The van der Waals surface area contributed by atoms with Crippen LogP contribution in [0.15, 0.2) is 48.5 Å². The first-order chi connectivity index (χ1) is 16.5. The summed E-state index contributed by atoms with van der Waals surface area (Å²) < 4.78 is 10.8. The molecule has 3 N–H and O–H groups in total. The number of fused-ring (bicyclic) bond motifs is 3. The molecule has 4 rings (SSSR count). The minimum atomic E-state index is -0.827. The number of carbonyl (C=O) groups excluding carboxylic acids is 2. The summed E-state index contributed by atoms with van der Waals surface area (Å²) in [4.78, 5) is 35.9. The number of rotatable bonds is 9. The van der Waals surface area contributed by atoms with Gasteiger partial charge in [-0.05, 0) is 41.5 Å². The number of hydrogen-bond acceptors (Lipinski definition) is 5. The van der Waals surface area contributed by atoms with Gasteiger partial charge in [0.25, 0.3) is 0 Å². The molecule has 0 aromatic heterocycles. The molecule has 2 aromatic rings. The van der Waals surface area contributed by atoms with Gasteiger partial charge in [0, 0.05) is 32.0 Å². The fraction of sp³-hybridized carbons (Fsp3) is 0.423. The molecule has 3 atom stereocenters. The van der Waals surface area contributed by atoms with Crippen LogP contribution in [0.4, 0.5) is 4.79 Å². The molecule has 2 aliphatic rings. The zero-order valence-electron chi connectivity index (χ0n) is 19.2. The van der Waals surface area contributed by atoms with E-state index in [2.05, 4.69) is 34.9 Å². The summed E-state index contributed by atoms with van der Waals surface area (Å²) in [5.74, 6) is -1.56. The van der Waals surface area contributed by atoms with Crippen molar-refractivity contribution in [3.8, 4) is 11.1 Å².